The minimum atomic E-state index is -0.145. The average Bonchev–Trinajstić information content (AvgIpc) is 3.07. The van der Waals surface area contributed by atoms with Gasteiger partial charge in [-0.3, -0.25) is 4.79 Å². The third-order valence-electron chi connectivity index (χ3n) is 5.30. The minimum Gasteiger partial charge on any atom is -0.366 e. The number of rotatable bonds is 3. The Hall–Kier alpha value is -2.73. The van der Waals surface area contributed by atoms with E-state index in [0.717, 1.165) is 11.3 Å². The number of fused-ring (bicyclic) bond motifs is 1. The van der Waals surface area contributed by atoms with E-state index in [1.807, 2.05) is 43.0 Å². The quantitative estimate of drug-likeness (QED) is 0.686. The zero-order valence-corrected chi connectivity index (χ0v) is 16.7. The lowest BCUT2D eigenvalue weighted by molar-refractivity contribution is -0.0954. The van der Waals surface area contributed by atoms with Crippen LogP contribution in [0.25, 0.3) is 11.1 Å². The summed E-state index contributed by atoms with van der Waals surface area (Å²) in [5, 5.41) is 4.69. The molecule has 3 heterocycles. The highest BCUT2D eigenvalue weighted by Gasteiger charge is 2.34. The summed E-state index contributed by atoms with van der Waals surface area (Å²) in [5.74, 6) is 0.273. The second-order valence-electron chi connectivity index (χ2n) is 7.79. The van der Waals surface area contributed by atoms with E-state index in [0.29, 0.717) is 41.4 Å². The number of morpholine rings is 1. The Bertz CT molecular complexity index is 997. The molecule has 0 radical (unpaired) electrons. The second kappa shape index (κ2) is 7.36. The number of pyridine rings is 1. The average molecular weight is 379 g/mol. The van der Waals surface area contributed by atoms with Gasteiger partial charge >= 0.3 is 0 Å². The molecule has 0 bridgehead atoms. The van der Waals surface area contributed by atoms with Gasteiger partial charge in [-0.2, -0.15) is 0 Å². The van der Waals surface area contributed by atoms with E-state index in [1.54, 1.807) is 0 Å². The van der Waals surface area contributed by atoms with Gasteiger partial charge in [0.25, 0.3) is 11.6 Å². The van der Waals surface area contributed by atoms with Crippen molar-refractivity contribution in [1.29, 1.82) is 0 Å². The van der Waals surface area contributed by atoms with Gasteiger partial charge in [-0.25, -0.2) is 4.98 Å². The number of aromatic nitrogens is 2. The van der Waals surface area contributed by atoms with Crippen LogP contribution in [0.15, 0.2) is 40.9 Å². The van der Waals surface area contributed by atoms with E-state index < -0.39 is 0 Å². The maximum atomic E-state index is 13.5. The molecule has 1 aromatic carbocycles. The van der Waals surface area contributed by atoms with Crippen LogP contribution in [0.2, 0.25) is 0 Å². The fourth-order valence-electron chi connectivity index (χ4n) is 3.73. The molecule has 0 saturated carbocycles. The van der Waals surface area contributed by atoms with Crippen molar-refractivity contribution in [2.45, 2.75) is 39.9 Å². The number of benzene rings is 1. The monoisotopic (exact) mass is 379 g/mol. The fraction of sp³-hybridized carbons (Fsp3) is 0.409. The Kier molecular flexibility index (Phi) is 4.89. The molecule has 1 aliphatic rings. The van der Waals surface area contributed by atoms with Gasteiger partial charge in [0.15, 0.2) is 0 Å². The minimum absolute atomic E-state index is 0.0232. The molecule has 0 unspecified atom stereocenters. The molecule has 28 heavy (non-hydrogen) atoms. The van der Waals surface area contributed by atoms with Crippen LogP contribution in [0.3, 0.4) is 0 Å². The smallest absolute Gasteiger partial charge is 0.258 e. The summed E-state index contributed by atoms with van der Waals surface area (Å²) < 4.78 is 11.6. The maximum Gasteiger partial charge on any atom is 0.258 e. The molecule has 6 nitrogen and oxygen atoms in total. The topological polar surface area (TPSA) is 68.5 Å². The summed E-state index contributed by atoms with van der Waals surface area (Å²) >= 11 is 0. The van der Waals surface area contributed by atoms with Crippen LogP contribution in [-0.4, -0.2) is 40.1 Å². The number of hydrogen-bond acceptors (Lipinski definition) is 5. The van der Waals surface area contributed by atoms with Gasteiger partial charge in [-0.1, -0.05) is 49.3 Å². The van der Waals surface area contributed by atoms with Crippen LogP contribution in [0.5, 0.6) is 0 Å². The van der Waals surface area contributed by atoms with E-state index in [-0.39, 0.29) is 18.1 Å². The van der Waals surface area contributed by atoms with Gasteiger partial charge in [0.2, 0.25) is 0 Å². The second-order valence-corrected chi connectivity index (χ2v) is 7.79. The molecule has 0 spiro atoms. The molecule has 1 saturated heterocycles. The van der Waals surface area contributed by atoms with Crippen molar-refractivity contribution in [3.05, 3.63) is 58.9 Å². The Balaban J connectivity index is 1.71. The first-order chi connectivity index (χ1) is 13.4. The Morgan fingerprint density at radius 1 is 1.18 bits per heavy atom. The number of aryl methyl sites for hydroxylation is 2. The van der Waals surface area contributed by atoms with Gasteiger partial charge in [0.1, 0.15) is 6.10 Å². The van der Waals surface area contributed by atoms with Crippen molar-refractivity contribution < 1.29 is 14.1 Å². The van der Waals surface area contributed by atoms with Crippen LogP contribution in [-0.2, 0) is 4.74 Å². The van der Waals surface area contributed by atoms with Crippen molar-refractivity contribution >= 4 is 17.0 Å². The van der Waals surface area contributed by atoms with Crippen LogP contribution in [0.1, 0.15) is 47.3 Å². The Labute approximate surface area is 164 Å². The lowest BCUT2D eigenvalue weighted by Gasteiger charge is -2.40. The lowest BCUT2D eigenvalue weighted by Crippen LogP contribution is -2.48. The molecule has 0 N–H and O–H groups in total. The number of ether oxygens (including phenoxy) is 1. The van der Waals surface area contributed by atoms with E-state index >= 15 is 0 Å². The molecule has 2 aromatic heterocycles. The molecule has 1 fully saturated rings. The summed E-state index contributed by atoms with van der Waals surface area (Å²) in [6.07, 6.45) is -0.168. The van der Waals surface area contributed by atoms with Gasteiger partial charge in [0.05, 0.1) is 29.3 Å². The number of hydrogen-bond donors (Lipinski definition) is 0. The Morgan fingerprint density at radius 3 is 2.64 bits per heavy atom. The predicted octanol–water partition coefficient (Wildman–Crippen LogP) is 4.08. The maximum absolute atomic E-state index is 13.5. The van der Waals surface area contributed by atoms with Crippen molar-refractivity contribution in [2.75, 3.05) is 13.1 Å². The van der Waals surface area contributed by atoms with Gasteiger partial charge in [-0.15, -0.1) is 0 Å². The highest BCUT2D eigenvalue weighted by molar-refractivity contribution is 6.06. The molecular formula is C22H25N3O3. The molecule has 1 amide bonds. The Morgan fingerprint density at radius 2 is 1.93 bits per heavy atom. The predicted molar refractivity (Wildman–Crippen MR) is 106 cm³/mol. The summed E-state index contributed by atoms with van der Waals surface area (Å²) in [5.41, 5.74) is 3.51. The third-order valence-corrected chi connectivity index (χ3v) is 5.30. The summed E-state index contributed by atoms with van der Waals surface area (Å²) in [7, 11) is 0. The SMILES string of the molecule is Cc1cc(C(=O)N2C[C@@H](c3ccccc3)O[C@@H](C(C)C)C2)c2c(C)noc2n1. The van der Waals surface area contributed by atoms with E-state index in [1.165, 1.54) is 0 Å². The number of carbonyl (C=O) groups excluding carboxylic acids is 1. The summed E-state index contributed by atoms with van der Waals surface area (Å²) in [6, 6.07) is 11.9. The van der Waals surface area contributed by atoms with Crippen LogP contribution < -0.4 is 0 Å². The largest absolute Gasteiger partial charge is 0.366 e. The molecule has 3 aromatic rings. The van der Waals surface area contributed by atoms with Gasteiger partial charge in [-0.05, 0) is 31.4 Å². The zero-order valence-electron chi connectivity index (χ0n) is 16.7. The standard InChI is InChI=1S/C22H25N3O3/c1-13(2)18-11-25(12-19(27-18)16-8-6-5-7-9-16)22(26)17-10-14(3)23-21-20(17)15(4)24-28-21/h5-10,13,18-19H,11-12H2,1-4H3/t18-,19+/m1/s1. The molecule has 0 aliphatic carbocycles. The fourth-order valence-corrected chi connectivity index (χ4v) is 3.73. The zero-order chi connectivity index (χ0) is 19.8. The highest BCUT2D eigenvalue weighted by Crippen LogP contribution is 2.30. The van der Waals surface area contributed by atoms with Crippen molar-refractivity contribution in [3.8, 4) is 0 Å². The van der Waals surface area contributed by atoms with Crippen molar-refractivity contribution in [1.82, 2.24) is 15.0 Å². The van der Waals surface area contributed by atoms with Crippen LogP contribution in [0.4, 0.5) is 0 Å². The van der Waals surface area contributed by atoms with E-state index in [4.69, 9.17) is 9.26 Å². The first-order valence-electron chi connectivity index (χ1n) is 9.67. The molecule has 4 rings (SSSR count). The van der Waals surface area contributed by atoms with Crippen LogP contribution in [0, 0.1) is 19.8 Å². The van der Waals surface area contributed by atoms with Gasteiger partial charge < -0.3 is 14.2 Å². The third kappa shape index (κ3) is 3.40. The van der Waals surface area contributed by atoms with Gasteiger partial charge in [0, 0.05) is 12.2 Å². The number of carbonyl (C=O) groups is 1. The van der Waals surface area contributed by atoms with E-state index in [2.05, 4.69) is 36.1 Å². The number of amides is 1. The first-order valence-corrected chi connectivity index (χ1v) is 9.67. The van der Waals surface area contributed by atoms with Crippen molar-refractivity contribution in [3.63, 3.8) is 0 Å². The first kappa shape index (κ1) is 18.6. The molecule has 1 aliphatic heterocycles. The van der Waals surface area contributed by atoms with E-state index in [9.17, 15) is 4.79 Å². The molecule has 2 atom stereocenters. The lowest BCUT2D eigenvalue weighted by atomic mass is 10.00. The molecule has 146 valence electrons. The number of nitrogens with zero attached hydrogens (tertiary/aromatic N) is 3. The van der Waals surface area contributed by atoms with Crippen LogP contribution >= 0.6 is 0 Å². The summed E-state index contributed by atoms with van der Waals surface area (Å²) in [4.78, 5) is 19.8. The summed E-state index contributed by atoms with van der Waals surface area (Å²) in [6.45, 7) is 9.02. The highest BCUT2D eigenvalue weighted by atomic mass is 16.5. The van der Waals surface area contributed by atoms with Crippen molar-refractivity contribution in [2.24, 2.45) is 5.92 Å². The normalized spacial score (nSPS) is 20.1. The molecule has 6 heteroatoms. The molecular weight excluding hydrogens is 354 g/mol.